The molecule has 0 saturated carbocycles. The topological polar surface area (TPSA) is 0 Å². The van der Waals surface area contributed by atoms with Crippen molar-refractivity contribution in [2.75, 3.05) is 0 Å². The third kappa shape index (κ3) is 34.4. The maximum atomic E-state index is 2.55. The van der Waals surface area contributed by atoms with E-state index >= 15 is 0 Å². The molecule has 0 N–H and O–H groups in total. The Bertz CT molecular complexity index is 22.4. The molecule has 33 valence electrons. The Kier molecular flexibility index (Phi) is 2.30. The number of hydrogen-bond donors (Lipinski definition) is 0. The Hall–Kier alpha value is 1.29. The summed E-state index contributed by atoms with van der Waals surface area (Å²) < 4.78 is 0. The van der Waals surface area contributed by atoms with Crippen molar-refractivity contribution in [2.24, 2.45) is 0 Å². The molecule has 0 fully saturated rings. The summed E-state index contributed by atoms with van der Waals surface area (Å²) in [5.41, 5.74) is 7.04. The first-order chi connectivity index (χ1) is 2.00. The Morgan fingerprint density at radius 3 is 1.20 bits per heavy atom. The minimum atomic E-state index is -0.905. The molecular weight excluding hydrogens is 238 g/mol. The predicted octanol–water partition coefficient (Wildman–Crippen LogP) is 2.26. The molecule has 0 spiro atoms. The van der Waals surface area contributed by atoms with Crippen LogP contribution in [0.15, 0.2) is 0 Å². The van der Waals surface area contributed by atoms with Crippen LogP contribution < -0.4 is 0 Å². The molecule has 0 aliphatic rings. The van der Waals surface area contributed by atoms with Crippen LogP contribution in [0.25, 0.3) is 0 Å². The predicted molar refractivity (Wildman–Crippen MR) is 37.4 cm³/mol. The van der Waals surface area contributed by atoms with Gasteiger partial charge in [0, 0.05) is 0 Å². The molecule has 5 heavy (non-hydrogen) atoms. The fourth-order valence-corrected chi connectivity index (χ4v) is 0. The summed E-state index contributed by atoms with van der Waals surface area (Å²) in [6.45, 7) is 0. The van der Waals surface area contributed by atoms with Crippen molar-refractivity contribution >= 4 is 30.3 Å². The van der Waals surface area contributed by atoms with Gasteiger partial charge < -0.3 is 0 Å². The monoisotopic (exact) mass is 247 g/mol. The fourth-order valence-electron chi connectivity index (χ4n) is 0. The van der Waals surface area contributed by atoms with Gasteiger partial charge in [-0.05, 0) is 0 Å². The van der Waals surface area contributed by atoms with Crippen molar-refractivity contribution < 1.29 is 0 Å². The molecule has 0 saturated heterocycles. The molecular formula is C3H9AsI. The van der Waals surface area contributed by atoms with Crippen molar-refractivity contribution in [2.45, 2.75) is 17.1 Å². The van der Waals surface area contributed by atoms with E-state index in [0.29, 0.717) is 0 Å². The second kappa shape index (κ2) is 1.83. The van der Waals surface area contributed by atoms with Gasteiger partial charge in [0.05, 0.1) is 0 Å². The van der Waals surface area contributed by atoms with E-state index in [2.05, 4.69) is 37.3 Å². The van der Waals surface area contributed by atoms with Gasteiger partial charge in [0.15, 0.2) is 0 Å². The van der Waals surface area contributed by atoms with Gasteiger partial charge in [-0.2, -0.15) is 0 Å². The van der Waals surface area contributed by atoms with Gasteiger partial charge >= 0.3 is 47.5 Å². The minimum absolute atomic E-state index is 0.905. The summed E-state index contributed by atoms with van der Waals surface area (Å²) >= 11 is 2.55. The van der Waals surface area contributed by atoms with Crippen LogP contribution in [-0.2, 0) is 0 Å². The molecule has 0 aromatic carbocycles. The molecule has 0 nitrogen and oxygen atoms in total. The average Bonchev–Trinajstić information content (AvgIpc) is 0.722. The van der Waals surface area contributed by atoms with Gasteiger partial charge in [0.2, 0.25) is 0 Å². The van der Waals surface area contributed by atoms with E-state index in [-0.39, 0.29) is 0 Å². The number of halogens is 1. The summed E-state index contributed by atoms with van der Waals surface area (Å²) in [4.78, 5) is 0. The van der Waals surface area contributed by atoms with E-state index in [1.165, 1.54) is 0 Å². The van der Waals surface area contributed by atoms with Crippen molar-refractivity contribution in [1.29, 1.82) is 0 Å². The summed E-state index contributed by atoms with van der Waals surface area (Å²) in [7, 11) is -0.905. The molecule has 1 radical (unpaired) electrons. The molecule has 0 aromatic rings. The Morgan fingerprint density at radius 2 is 1.20 bits per heavy atom. The van der Waals surface area contributed by atoms with E-state index < -0.39 is 10.2 Å². The van der Waals surface area contributed by atoms with Crippen LogP contribution in [0.3, 0.4) is 0 Å². The third-order valence-corrected chi connectivity index (χ3v) is 0. The van der Waals surface area contributed by atoms with E-state index in [9.17, 15) is 0 Å². The second-order valence-electron chi connectivity index (χ2n) is 1.85. The summed E-state index contributed by atoms with van der Waals surface area (Å²) in [5.74, 6) is 0. The zero-order valence-corrected chi connectivity index (χ0v) is 7.86. The SMILES string of the molecule is C[As](C)(C)I. The van der Waals surface area contributed by atoms with Crippen LogP contribution in [0.2, 0.25) is 17.1 Å². The maximum absolute atomic E-state index is 2.55. The van der Waals surface area contributed by atoms with Crippen LogP contribution in [0.5, 0.6) is 0 Å². The zero-order chi connectivity index (χ0) is 4.50. The van der Waals surface area contributed by atoms with Crippen molar-refractivity contribution in [3.8, 4) is 0 Å². The van der Waals surface area contributed by atoms with E-state index in [0.717, 1.165) is 0 Å². The average molecular weight is 247 g/mol. The normalized spacial score (nSPS) is 12.0. The van der Waals surface area contributed by atoms with Crippen LogP contribution in [0.4, 0.5) is 0 Å². The van der Waals surface area contributed by atoms with Gasteiger partial charge in [-0.1, -0.05) is 0 Å². The molecule has 2 heteroatoms. The van der Waals surface area contributed by atoms with Gasteiger partial charge in [-0.15, -0.1) is 0 Å². The zero-order valence-electron chi connectivity index (χ0n) is 3.83. The molecule has 0 heterocycles. The van der Waals surface area contributed by atoms with Gasteiger partial charge in [0.1, 0.15) is 0 Å². The first-order valence-electron chi connectivity index (χ1n) is 1.51. The molecule has 0 unspecified atom stereocenters. The van der Waals surface area contributed by atoms with E-state index in [4.69, 9.17) is 0 Å². The standard InChI is InChI=1S/C3H9AsI/c1-4(2,3)5/h1-3H3. The van der Waals surface area contributed by atoms with Gasteiger partial charge in [-0.25, -0.2) is 0 Å². The quantitative estimate of drug-likeness (QED) is 0.455. The molecule has 0 bridgehead atoms. The van der Waals surface area contributed by atoms with Crippen LogP contribution >= 0.6 is 20.1 Å². The van der Waals surface area contributed by atoms with Crippen molar-refractivity contribution in [1.82, 2.24) is 0 Å². The Balaban J connectivity index is 3.02. The van der Waals surface area contributed by atoms with E-state index in [1.54, 1.807) is 0 Å². The summed E-state index contributed by atoms with van der Waals surface area (Å²) in [6.07, 6.45) is 0. The summed E-state index contributed by atoms with van der Waals surface area (Å²) in [6, 6.07) is 0. The van der Waals surface area contributed by atoms with Crippen molar-refractivity contribution in [3.63, 3.8) is 0 Å². The molecule has 0 atom stereocenters. The molecule has 0 aliphatic carbocycles. The third-order valence-electron chi connectivity index (χ3n) is 0. The number of rotatable bonds is 0. The number of hydrogen-bond acceptors (Lipinski definition) is 0. The van der Waals surface area contributed by atoms with Crippen LogP contribution in [-0.4, -0.2) is 10.2 Å². The summed E-state index contributed by atoms with van der Waals surface area (Å²) in [5, 5.41) is 0. The van der Waals surface area contributed by atoms with Gasteiger partial charge in [-0.3, -0.25) is 0 Å². The Morgan fingerprint density at radius 1 is 1.20 bits per heavy atom. The first-order valence-corrected chi connectivity index (χ1v) is 12.9. The second-order valence-corrected chi connectivity index (χ2v) is 24.6. The molecule has 0 aromatic heterocycles. The molecule has 0 amide bonds. The van der Waals surface area contributed by atoms with Gasteiger partial charge in [0.25, 0.3) is 0 Å². The molecule has 0 rings (SSSR count). The van der Waals surface area contributed by atoms with Crippen LogP contribution in [0, 0.1) is 0 Å². The fraction of sp³-hybridized carbons (Fsp3) is 1.00. The van der Waals surface area contributed by atoms with Crippen LogP contribution in [0.1, 0.15) is 0 Å². The van der Waals surface area contributed by atoms with Crippen molar-refractivity contribution in [3.05, 3.63) is 0 Å². The first kappa shape index (κ1) is 6.29. The van der Waals surface area contributed by atoms with E-state index in [1.807, 2.05) is 0 Å². The molecule has 0 aliphatic heterocycles. The Labute approximate surface area is 47.3 Å².